The van der Waals surface area contributed by atoms with E-state index >= 15 is 0 Å². The van der Waals surface area contributed by atoms with Crippen molar-refractivity contribution in [2.24, 2.45) is 0 Å². The number of hydrogen-bond donors (Lipinski definition) is 1. The van der Waals surface area contributed by atoms with E-state index in [2.05, 4.69) is 10.4 Å². The number of esters is 1. The number of rotatable bonds is 6. The van der Waals surface area contributed by atoms with Crippen molar-refractivity contribution in [2.75, 3.05) is 11.9 Å². The summed E-state index contributed by atoms with van der Waals surface area (Å²) in [6.45, 7) is 6.77. The topological polar surface area (TPSA) is 73.2 Å². The summed E-state index contributed by atoms with van der Waals surface area (Å²) in [5, 5.41) is 8.05. The maximum atomic E-state index is 12.9. The fraction of sp³-hybridized carbons (Fsp3) is 0.375. The highest BCUT2D eigenvalue weighted by molar-refractivity contribution is 7.17. The largest absolute Gasteiger partial charge is 0.462 e. The second-order valence-electron chi connectivity index (χ2n) is 7.87. The van der Waals surface area contributed by atoms with Crippen LogP contribution in [0.3, 0.4) is 0 Å². The van der Waals surface area contributed by atoms with Gasteiger partial charge in [-0.05, 0) is 75.8 Å². The Hall–Kier alpha value is -2.93. The van der Waals surface area contributed by atoms with E-state index in [-0.39, 0.29) is 11.9 Å². The summed E-state index contributed by atoms with van der Waals surface area (Å²) in [4.78, 5) is 26.7. The lowest BCUT2D eigenvalue weighted by molar-refractivity contribution is 0.0526. The average molecular weight is 438 g/mol. The van der Waals surface area contributed by atoms with Gasteiger partial charge in [0.25, 0.3) is 5.91 Å². The van der Waals surface area contributed by atoms with Crippen molar-refractivity contribution < 1.29 is 14.3 Å². The predicted octanol–water partition coefficient (Wildman–Crippen LogP) is 4.92. The molecule has 2 heterocycles. The molecule has 0 radical (unpaired) electrons. The van der Waals surface area contributed by atoms with E-state index in [0.29, 0.717) is 29.3 Å². The quantitative estimate of drug-likeness (QED) is 0.556. The van der Waals surface area contributed by atoms with Crippen LogP contribution in [0.15, 0.2) is 30.3 Å². The third-order valence-corrected chi connectivity index (χ3v) is 6.74. The molecule has 0 unspecified atom stereocenters. The van der Waals surface area contributed by atoms with Crippen LogP contribution in [0.25, 0.3) is 0 Å². The number of carbonyl (C=O) groups is 2. The number of nitrogens with one attached hydrogen (secondary N) is 1. The molecule has 3 aromatic rings. The lowest BCUT2D eigenvalue weighted by atomic mass is 9.95. The molecule has 0 fully saturated rings. The molecule has 4 rings (SSSR count). The number of fused-ring (bicyclic) bond motifs is 1. The molecule has 0 saturated heterocycles. The first kappa shape index (κ1) is 21.3. The Bertz CT molecular complexity index is 1110. The molecule has 0 saturated carbocycles. The van der Waals surface area contributed by atoms with Gasteiger partial charge in [-0.15, -0.1) is 11.3 Å². The van der Waals surface area contributed by atoms with Gasteiger partial charge >= 0.3 is 5.97 Å². The van der Waals surface area contributed by atoms with Crippen molar-refractivity contribution in [3.05, 3.63) is 68.9 Å². The fourth-order valence-electron chi connectivity index (χ4n) is 4.02. The highest BCUT2D eigenvalue weighted by atomic mass is 32.1. The molecule has 1 amide bonds. The molecule has 0 bridgehead atoms. The van der Waals surface area contributed by atoms with Crippen molar-refractivity contribution >= 4 is 28.2 Å². The van der Waals surface area contributed by atoms with Gasteiger partial charge in [0.2, 0.25) is 0 Å². The number of anilines is 1. The van der Waals surface area contributed by atoms with E-state index in [4.69, 9.17) is 4.74 Å². The molecule has 1 aliphatic rings. The summed E-state index contributed by atoms with van der Waals surface area (Å²) in [6.07, 6.45) is 3.97. The molecule has 6 nitrogen and oxygen atoms in total. The molecule has 0 aliphatic heterocycles. The molecule has 7 heteroatoms. The van der Waals surface area contributed by atoms with E-state index in [1.807, 2.05) is 48.9 Å². The van der Waals surface area contributed by atoms with Crippen LogP contribution < -0.4 is 5.32 Å². The van der Waals surface area contributed by atoms with E-state index < -0.39 is 0 Å². The minimum absolute atomic E-state index is 0.221. The predicted molar refractivity (Wildman–Crippen MR) is 122 cm³/mol. The Labute approximate surface area is 186 Å². The van der Waals surface area contributed by atoms with Gasteiger partial charge in [-0.2, -0.15) is 5.10 Å². The number of amides is 1. The third-order valence-electron chi connectivity index (χ3n) is 5.53. The highest BCUT2D eigenvalue weighted by Crippen LogP contribution is 2.38. The molecule has 1 aromatic carbocycles. The second-order valence-corrected chi connectivity index (χ2v) is 8.98. The standard InChI is InChI=1S/C24H27N3O3S/c1-4-30-24(29)21-19-7-5-6-8-20(19)31-23(21)25-22(28)18-11-9-17(10-12-18)14-27-16(3)13-15(2)26-27/h9-13H,4-8,14H2,1-3H3,(H,25,28). The number of nitrogens with zero attached hydrogens (tertiary/aromatic N) is 2. The van der Waals surface area contributed by atoms with Gasteiger partial charge in [0, 0.05) is 16.1 Å². The van der Waals surface area contributed by atoms with E-state index in [0.717, 1.165) is 48.2 Å². The van der Waals surface area contributed by atoms with Crippen molar-refractivity contribution in [1.29, 1.82) is 0 Å². The molecule has 1 N–H and O–H groups in total. The number of carbonyl (C=O) groups excluding carboxylic acids is 2. The lowest BCUT2D eigenvalue weighted by Gasteiger charge is -2.12. The van der Waals surface area contributed by atoms with Crippen LogP contribution in [0.5, 0.6) is 0 Å². The van der Waals surface area contributed by atoms with Crippen LogP contribution in [0.1, 0.15) is 67.9 Å². The summed E-state index contributed by atoms with van der Waals surface area (Å²) in [5.41, 5.74) is 5.30. The average Bonchev–Trinajstić information content (AvgIpc) is 3.27. The zero-order valence-electron chi connectivity index (χ0n) is 18.2. The summed E-state index contributed by atoms with van der Waals surface area (Å²) >= 11 is 1.50. The summed E-state index contributed by atoms with van der Waals surface area (Å²) in [7, 11) is 0. The van der Waals surface area contributed by atoms with Crippen LogP contribution in [0.4, 0.5) is 5.00 Å². The third kappa shape index (κ3) is 4.56. The van der Waals surface area contributed by atoms with Gasteiger partial charge in [0.05, 0.1) is 24.4 Å². The van der Waals surface area contributed by atoms with Crippen molar-refractivity contribution in [1.82, 2.24) is 9.78 Å². The van der Waals surface area contributed by atoms with Gasteiger partial charge in [-0.1, -0.05) is 12.1 Å². The molecule has 0 spiro atoms. The van der Waals surface area contributed by atoms with E-state index in [1.165, 1.54) is 16.2 Å². The number of hydrogen-bond acceptors (Lipinski definition) is 5. The molecule has 162 valence electrons. The van der Waals surface area contributed by atoms with Crippen LogP contribution in [-0.2, 0) is 24.1 Å². The van der Waals surface area contributed by atoms with Gasteiger partial charge in [0.1, 0.15) is 5.00 Å². The summed E-state index contributed by atoms with van der Waals surface area (Å²) < 4.78 is 7.22. The Kier molecular flexibility index (Phi) is 6.23. The first-order valence-corrected chi connectivity index (χ1v) is 11.5. The molecule has 2 aromatic heterocycles. The fourth-order valence-corrected chi connectivity index (χ4v) is 5.29. The molecular formula is C24H27N3O3S. The maximum Gasteiger partial charge on any atom is 0.341 e. The second kappa shape index (κ2) is 9.06. The van der Waals surface area contributed by atoms with Crippen molar-refractivity contribution in [2.45, 2.75) is 53.0 Å². The number of aromatic nitrogens is 2. The number of benzene rings is 1. The van der Waals surface area contributed by atoms with Crippen molar-refractivity contribution in [3.63, 3.8) is 0 Å². The Morgan fingerprint density at radius 3 is 2.58 bits per heavy atom. The van der Waals surface area contributed by atoms with Crippen LogP contribution >= 0.6 is 11.3 Å². The first-order valence-electron chi connectivity index (χ1n) is 10.7. The lowest BCUT2D eigenvalue weighted by Crippen LogP contribution is -2.16. The van der Waals surface area contributed by atoms with Crippen LogP contribution in [0, 0.1) is 13.8 Å². The maximum absolute atomic E-state index is 12.9. The SMILES string of the molecule is CCOC(=O)c1c(NC(=O)c2ccc(Cn3nc(C)cc3C)cc2)sc2c1CCCC2. The smallest absolute Gasteiger partial charge is 0.341 e. The van der Waals surface area contributed by atoms with Gasteiger partial charge in [0.15, 0.2) is 0 Å². The summed E-state index contributed by atoms with van der Waals surface area (Å²) in [5.74, 6) is -0.570. The minimum Gasteiger partial charge on any atom is -0.462 e. The molecule has 1 aliphatic carbocycles. The van der Waals surface area contributed by atoms with Crippen LogP contribution in [-0.4, -0.2) is 28.3 Å². The zero-order chi connectivity index (χ0) is 22.0. The van der Waals surface area contributed by atoms with Crippen molar-refractivity contribution in [3.8, 4) is 0 Å². The summed E-state index contributed by atoms with van der Waals surface area (Å²) in [6, 6.07) is 9.56. The van der Waals surface area contributed by atoms with E-state index in [1.54, 1.807) is 6.92 Å². The number of aryl methyl sites for hydroxylation is 3. The highest BCUT2D eigenvalue weighted by Gasteiger charge is 2.27. The zero-order valence-corrected chi connectivity index (χ0v) is 19.0. The Balaban J connectivity index is 1.52. The van der Waals surface area contributed by atoms with E-state index in [9.17, 15) is 9.59 Å². The molecule has 31 heavy (non-hydrogen) atoms. The minimum atomic E-state index is -0.350. The normalized spacial score (nSPS) is 13.0. The first-order chi connectivity index (χ1) is 15.0. The van der Waals surface area contributed by atoms with Gasteiger partial charge in [-0.25, -0.2) is 4.79 Å². The molecular weight excluding hydrogens is 410 g/mol. The number of thiophene rings is 1. The Morgan fingerprint density at radius 2 is 1.90 bits per heavy atom. The number of ether oxygens (including phenoxy) is 1. The Morgan fingerprint density at radius 1 is 1.16 bits per heavy atom. The molecule has 0 atom stereocenters. The van der Waals surface area contributed by atoms with Gasteiger partial charge in [-0.3, -0.25) is 9.48 Å². The monoisotopic (exact) mass is 437 g/mol. The van der Waals surface area contributed by atoms with Crippen LogP contribution in [0.2, 0.25) is 0 Å². The van der Waals surface area contributed by atoms with Gasteiger partial charge < -0.3 is 10.1 Å².